The lowest BCUT2D eigenvalue weighted by Gasteiger charge is -2.16. The first-order valence-electron chi connectivity index (χ1n) is 9.71. The molecule has 0 saturated carbocycles. The number of aromatic amines is 1. The molecule has 1 unspecified atom stereocenters. The lowest BCUT2D eigenvalue weighted by molar-refractivity contribution is 0.488. The number of rotatable bonds is 6. The highest BCUT2D eigenvalue weighted by atomic mass is 16.3. The van der Waals surface area contributed by atoms with Crippen molar-refractivity contribution in [2.45, 2.75) is 26.4 Å². The summed E-state index contributed by atoms with van der Waals surface area (Å²) >= 11 is 0. The van der Waals surface area contributed by atoms with Crippen molar-refractivity contribution in [2.24, 2.45) is 4.99 Å². The standard InChI is InChI=1S/C22H24N6O/c1-3-23-22(27-15(2)20-12-17-8-4-5-10-19(17)29-20)24-13-16-7-6-9-18(11-16)21-25-14-26-28-21/h4-12,14-15H,3,13H2,1-2H3,(H2,23,24,27)(H,25,26,28). The summed E-state index contributed by atoms with van der Waals surface area (Å²) < 4.78 is 5.97. The second-order valence-corrected chi connectivity index (χ2v) is 6.78. The second kappa shape index (κ2) is 8.60. The van der Waals surface area contributed by atoms with E-state index in [9.17, 15) is 0 Å². The van der Waals surface area contributed by atoms with E-state index in [-0.39, 0.29) is 6.04 Å². The molecule has 4 rings (SSSR count). The highest BCUT2D eigenvalue weighted by Gasteiger charge is 2.13. The van der Waals surface area contributed by atoms with E-state index in [0.29, 0.717) is 6.54 Å². The van der Waals surface area contributed by atoms with Crippen LogP contribution in [0.1, 0.15) is 31.2 Å². The van der Waals surface area contributed by atoms with Crippen LogP contribution >= 0.6 is 0 Å². The molecule has 148 valence electrons. The number of benzene rings is 2. The number of aromatic nitrogens is 3. The van der Waals surface area contributed by atoms with Crippen LogP contribution in [0.15, 0.2) is 70.3 Å². The van der Waals surface area contributed by atoms with E-state index >= 15 is 0 Å². The Morgan fingerprint density at radius 2 is 2.07 bits per heavy atom. The van der Waals surface area contributed by atoms with E-state index in [1.54, 1.807) is 0 Å². The molecule has 7 heteroatoms. The van der Waals surface area contributed by atoms with E-state index in [2.05, 4.69) is 57.0 Å². The molecule has 1 atom stereocenters. The Hall–Kier alpha value is -3.61. The first-order chi connectivity index (χ1) is 14.2. The summed E-state index contributed by atoms with van der Waals surface area (Å²) in [4.78, 5) is 8.94. The topological polar surface area (TPSA) is 91.1 Å². The van der Waals surface area contributed by atoms with Crippen molar-refractivity contribution in [1.29, 1.82) is 0 Å². The van der Waals surface area contributed by atoms with Crippen LogP contribution in [-0.2, 0) is 6.54 Å². The zero-order valence-electron chi connectivity index (χ0n) is 16.5. The molecule has 2 aromatic carbocycles. The van der Waals surface area contributed by atoms with E-state index in [1.165, 1.54) is 6.33 Å². The van der Waals surface area contributed by atoms with Crippen molar-refractivity contribution < 1.29 is 4.42 Å². The van der Waals surface area contributed by atoms with Gasteiger partial charge in [-0.1, -0.05) is 36.4 Å². The summed E-state index contributed by atoms with van der Waals surface area (Å²) in [5.74, 6) is 2.37. The minimum Gasteiger partial charge on any atom is -0.459 e. The van der Waals surface area contributed by atoms with Crippen LogP contribution in [0.2, 0.25) is 0 Å². The molecule has 0 aliphatic carbocycles. The van der Waals surface area contributed by atoms with Gasteiger partial charge in [0.2, 0.25) is 0 Å². The number of furan rings is 1. The fourth-order valence-corrected chi connectivity index (χ4v) is 3.14. The van der Waals surface area contributed by atoms with Gasteiger partial charge in [0, 0.05) is 17.5 Å². The molecule has 29 heavy (non-hydrogen) atoms. The number of nitrogens with one attached hydrogen (secondary N) is 3. The van der Waals surface area contributed by atoms with Crippen LogP contribution in [0.3, 0.4) is 0 Å². The van der Waals surface area contributed by atoms with Gasteiger partial charge in [0.25, 0.3) is 0 Å². The largest absolute Gasteiger partial charge is 0.459 e. The van der Waals surface area contributed by atoms with Crippen molar-refractivity contribution in [3.63, 3.8) is 0 Å². The molecule has 0 radical (unpaired) electrons. The third kappa shape index (κ3) is 4.45. The second-order valence-electron chi connectivity index (χ2n) is 6.78. The fraction of sp³-hybridized carbons (Fsp3) is 0.227. The number of H-pyrrole nitrogens is 1. The molecule has 7 nitrogen and oxygen atoms in total. The van der Waals surface area contributed by atoms with Crippen molar-refractivity contribution >= 4 is 16.9 Å². The number of hydrogen-bond donors (Lipinski definition) is 3. The Labute approximate surface area is 169 Å². The molecular formula is C22H24N6O. The summed E-state index contributed by atoms with van der Waals surface area (Å²) in [5.41, 5.74) is 2.97. The Bertz CT molecular complexity index is 1070. The third-order valence-electron chi connectivity index (χ3n) is 4.60. The maximum Gasteiger partial charge on any atom is 0.192 e. The Morgan fingerprint density at radius 3 is 2.86 bits per heavy atom. The molecule has 0 spiro atoms. The van der Waals surface area contributed by atoms with E-state index < -0.39 is 0 Å². The lowest BCUT2D eigenvalue weighted by atomic mass is 10.1. The van der Waals surface area contributed by atoms with E-state index in [1.807, 2.05) is 37.3 Å². The van der Waals surface area contributed by atoms with Crippen LogP contribution in [0.4, 0.5) is 0 Å². The van der Waals surface area contributed by atoms with Crippen molar-refractivity contribution in [2.75, 3.05) is 6.54 Å². The first-order valence-corrected chi connectivity index (χ1v) is 9.71. The van der Waals surface area contributed by atoms with Gasteiger partial charge in [0.15, 0.2) is 11.8 Å². The Balaban J connectivity index is 1.48. The van der Waals surface area contributed by atoms with Crippen LogP contribution in [-0.4, -0.2) is 27.7 Å². The fourth-order valence-electron chi connectivity index (χ4n) is 3.14. The molecule has 0 amide bonds. The number of fused-ring (bicyclic) bond motifs is 1. The lowest BCUT2D eigenvalue weighted by Crippen LogP contribution is -2.38. The number of para-hydroxylation sites is 1. The van der Waals surface area contributed by atoms with Gasteiger partial charge in [-0.3, -0.25) is 5.10 Å². The van der Waals surface area contributed by atoms with Gasteiger partial charge in [-0.25, -0.2) is 9.98 Å². The third-order valence-corrected chi connectivity index (χ3v) is 4.60. The highest BCUT2D eigenvalue weighted by Crippen LogP contribution is 2.23. The summed E-state index contributed by atoms with van der Waals surface area (Å²) in [6.45, 7) is 5.43. The zero-order chi connectivity index (χ0) is 20.1. The molecular weight excluding hydrogens is 364 g/mol. The van der Waals surface area contributed by atoms with Crippen LogP contribution in [0, 0.1) is 0 Å². The number of guanidine groups is 1. The average molecular weight is 388 g/mol. The average Bonchev–Trinajstić information content (AvgIpc) is 3.42. The number of hydrogen-bond acceptors (Lipinski definition) is 4. The normalized spacial score (nSPS) is 12.8. The molecule has 0 aliphatic rings. The Kier molecular flexibility index (Phi) is 5.56. The van der Waals surface area contributed by atoms with Crippen LogP contribution < -0.4 is 10.6 Å². The zero-order valence-corrected chi connectivity index (χ0v) is 16.5. The minimum absolute atomic E-state index is 0.0132. The summed E-state index contributed by atoms with van der Waals surface area (Å²) in [6, 6.07) is 18.2. The van der Waals surface area contributed by atoms with Crippen molar-refractivity contribution in [3.05, 3.63) is 72.2 Å². The van der Waals surface area contributed by atoms with Gasteiger partial charge < -0.3 is 15.1 Å². The predicted molar refractivity (Wildman–Crippen MR) is 114 cm³/mol. The molecule has 2 aromatic heterocycles. The van der Waals surface area contributed by atoms with Gasteiger partial charge in [-0.2, -0.15) is 5.10 Å². The molecule has 2 heterocycles. The molecule has 0 fully saturated rings. The SMILES string of the molecule is CCNC(=NCc1cccc(-c2ncn[nH]2)c1)NC(C)c1cc2ccccc2o1. The minimum atomic E-state index is -0.0132. The van der Waals surface area contributed by atoms with Crippen molar-refractivity contribution in [3.8, 4) is 11.4 Å². The van der Waals surface area contributed by atoms with Crippen LogP contribution in [0.5, 0.6) is 0 Å². The number of nitrogens with zero attached hydrogens (tertiary/aromatic N) is 3. The van der Waals surface area contributed by atoms with Gasteiger partial charge >= 0.3 is 0 Å². The molecule has 0 bridgehead atoms. The van der Waals surface area contributed by atoms with Gasteiger partial charge in [-0.15, -0.1) is 0 Å². The monoisotopic (exact) mass is 388 g/mol. The Morgan fingerprint density at radius 1 is 1.17 bits per heavy atom. The maximum absolute atomic E-state index is 5.97. The summed E-state index contributed by atoms with van der Waals surface area (Å²) in [7, 11) is 0. The summed E-state index contributed by atoms with van der Waals surface area (Å²) in [6.07, 6.45) is 1.51. The van der Waals surface area contributed by atoms with E-state index in [4.69, 9.17) is 9.41 Å². The smallest absolute Gasteiger partial charge is 0.192 e. The first kappa shape index (κ1) is 18.7. The van der Waals surface area contributed by atoms with Gasteiger partial charge in [-0.05, 0) is 37.6 Å². The molecule has 4 aromatic rings. The van der Waals surface area contributed by atoms with Crippen LogP contribution in [0.25, 0.3) is 22.4 Å². The molecule has 3 N–H and O–H groups in total. The van der Waals surface area contributed by atoms with Gasteiger partial charge in [0.1, 0.15) is 17.7 Å². The molecule has 0 saturated heterocycles. The predicted octanol–water partition coefficient (Wildman–Crippen LogP) is 4.03. The number of aliphatic imine (C=N–C) groups is 1. The van der Waals surface area contributed by atoms with Gasteiger partial charge in [0.05, 0.1) is 12.6 Å². The molecule has 0 aliphatic heterocycles. The van der Waals surface area contributed by atoms with E-state index in [0.717, 1.165) is 46.2 Å². The highest BCUT2D eigenvalue weighted by molar-refractivity contribution is 5.81. The quantitative estimate of drug-likeness (QED) is 0.343. The van der Waals surface area contributed by atoms with Crippen molar-refractivity contribution in [1.82, 2.24) is 25.8 Å². The summed E-state index contributed by atoms with van der Waals surface area (Å²) in [5, 5.41) is 14.6. The maximum atomic E-state index is 5.97.